The molecule has 0 atom stereocenters. The number of aromatic nitrogens is 2. The lowest BCUT2D eigenvalue weighted by molar-refractivity contribution is -0.727. The number of ether oxygens (including phenoxy) is 2. The number of esters is 2. The largest absolute Gasteiger partial charge is 0.449 e. The Labute approximate surface area is 201 Å². The Morgan fingerprint density at radius 1 is 0.853 bits per heavy atom. The van der Waals surface area contributed by atoms with Gasteiger partial charge >= 0.3 is 19.5 Å². The number of rotatable bonds is 8. The van der Waals surface area contributed by atoms with Crippen LogP contribution in [-0.2, 0) is 36.9 Å². The highest BCUT2D eigenvalue weighted by Crippen LogP contribution is 2.34. The molecule has 2 rings (SSSR count). The second kappa shape index (κ2) is 15.7. The zero-order valence-electron chi connectivity index (χ0n) is 20.4. The maximum atomic E-state index is 11.3. The summed E-state index contributed by atoms with van der Waals surface area (Å²) in [6.07, 6.45) is 7.01. The Morgan fingerprint density at radius 3 is 1.59 bits per heavy atom. The summed E-state index contributed by atoms with van der Waals surface area (Å²) in [5, 5.41) is 0. The number of carbonyl (C=O) groups excluding carboxylic acids is 2. The number of pyridine rings is 2. The van der Waals surface area contributed by atoms with Crippen LogP contribution in [0.25, 0.3) is 11.1 Å². The van der Waals surface area contributed by atoms with Crippen LogP contribution in [0.5, 0.6) is 0 Å². The standard InChI is InChI=1S/C17H20N2O2.C5H9O5P.C2H6/c1-4-18-9-5-15(6-10-18)16-7-11-19(12-8-16)13-21-17(20)14(2)3;1-4(2)5(6)10-3-11(7,8)9;1-2/h5-12H,2,4,13H2,1,3H3;1,3H2,2H3,(H2,7,8,9);1-2H3/q+2;;. The monoisotopic (exact) mass is 494 g/mol. The smallest absolute Gasteiger partial charge is 0.362 e. The van der Waals surface area contributed by atoms with E-state index in [9.17, 15) is 14.2 Å². The van der Waals surface area contributed by atoms with E-state index in [1.165, 1.54) is 6.92 Å². The SMILES string of the molecule is C=C(C)C(=O)OCP(=O)(O)O.C=C(C)C(=O)OC[n+]1ccc(-c2cc[n+](CC)cc2)cc1.CC. The summed E-state index contributed by atoms with van der Waals surface area (Å²) < 4.78 is 23.3. The van der Waals surface area contributed by atoms with Crippen LogP contribution in [0.15, 0.2) is 73.4 Å². The van der Waals surface area contributed by atoms with Gasteiger partial charge in [0.15, 0.2) is 31.1 Å². The van der Waals surface area contributed by atoms with E-state index in [1.807, 2.05) is 38.4 Å². The van der Waals surface area contributed by atoms with Crippen molar-refractivity contribution in [2.75, 3.05) is 6.35 Å². The first-order valence-electron chi connectivity index (χ1n) is 10.6. The van der Waals surface area contributed by atoms with Gasteiger partial charge in [-0.1, -0.05) is 27.0 Å². The Morgan fingerprint density at radius 2 is 1.24 bits per heavy atom. The molecule has 186 valence electrons. The van der Waals surface area contributed by atoms with Crippen LogP contribution in [-0.4, -0.2) is 28.1 Å². The van der Waals surface area contributed by atoms with Crippen molar-refractivity contribution in [3.8, 4) is 11.1 Å². The average molecular weight is 495 g/mol. The first kappa shape index (κ1) is 30.9. The lowest BCUT2D eigenvalue weighted by atomic mass is 10.1. The van der Waals surface area contributed by atoms with E-state index < -0.39 is 19.9 Å². The second-order valence-electron chi connectivity index (χ2n) is 6.87. The van der Waals surface area contributed by atoms with Gasteiger partial charge in [-0.2, -0.15) is 4.57 Å². The molecule has 0 aliphatic carbocycles. The fourth-order valence-electron chi connectivity index (χ4n) is 2.12. The number of hydrogen-bond acceptors (Lipinski definition) is 5. The number of hydrogen-bond donors (Lipinski definition) is 2. The Kier molecular flexibility index (Phi) is 14.2. The fourth-order valence-corrected chi connectivity index (χ4v) is 2.40. The van der Waals surface area contributed by atoms with Gasteiger partial charge in [0, 0.05) is 35.4 Å². The molecular weight excluding hydrogens is 459 g/mol. The predicted molar refractivity (Wildman–Crippen MR) is 128 cm³/mol. The molecule has 0 amide bonds. The lowest BCUT2D eigenvalue weighted by Gasteiger charge is -2.04. The van der Waals surface area contributed by atoms with Crippen LogP contribution in [0.1, 0.15) is 34.6 Å². The van der Waals surface area contributed by atoms with Gasteiger partial charge in [0.1, 0.15) is 6.54 Å². The average Bonchev–Trinajstić information content (AvgIpc) is 2.82. The summed E-state index contributed by atoms with van der Waals surface area (Å²) >= 11 is 0. The van der Waals surface area contributed by atoms with Crippen molar-refractivity contribution in [1.82, 2.24) is 0 Å². The van der Waals surface area contributed by atoms with Crippen molar-refractivity contribution in [2.24, 2.45) is 0 Å². The molecule has 0 unspecified atom stereocenters. The molecule has 34 heavy (non-hydrogen) atoms. The minimum atomic E-state index is -4.24. The third kappa shape index (κ3) is 12.8. The van der Waals surface area contributed by atoms with E-state index in [2.05, 4.69) is 53.9 Å². The molecule has 2 heterocycles. The summed E-state index contributed by atoms with van der Waals surface area (Å²) in [5.74, 6) is -1.17. The Hall–Kier alpha value is -3.13. The summed E-state index contributed by atoms with van der Waals surface area (Å²) in [4.78, 5) is 38.4. The summed E-state index contributed by atoms with van der Waals surface area (Å²) in [7, 11) is -4.24. The van der Waals surface area contributed by atoms with Crippen molar-refractivity contribution in [3.05, 3.63) is 73.4 Å². The normalized spacial score (nSPS) is 9.97. The highest BCUT2D eigenvalue weighted by atomic mass is 31.2. The summed E-state index contributed by atoms with van der Waals surface area (Å²) in [6.45, 7) is 17.1. The molecule has 0 fully saturated rings. The first-order chi connectivity index (χ1) is 15.9. The van der Waals surface area contributed by atoms with Crippen LogP contribution in [0.4, 0.5) is 0 Å². The Balaban J connectivity index is 0.000000712. The summed E-state index contributed by atoms with van der Waals surface area (Å²) in [6, 6.07) is 8.18. The third-order valence-electron chi connectivity index (χ3n) is 3.89. The third-order valence-corrected chi connectivity index (χ3v) is 4.35. The van der Waals surface area contributed by atoms with E-state index >= 15 is 0 Å². The van der Waals surface area contributed by atoms with E-state index in [-0.39, 0.29) is 18.3 Å². The van der Waals surface area contributed by atoms with Gasteiger partial charge in [0.25, 0.3) is 6.73 Å². The molecule has 2 aromatic rings. The van der Waals surface area contributed by atoms with Gasteiger partial charge in [0.05, 0.1) is 0 Å². The maximum absolute atomic E-state index is 11.3. The van der Waals surface area contributed by atoms with Gasteiger partial charge in [-0.3, -0.25) is 4.57 Å². The molecule has 9 nitrogen and oxygen atoms in total. The molecule has 2 aromatic heterocycles. The van der Waals surface area contributed by atoms with Crippen LogP contribution < -0.4 is 9.13 Å². The molecule has 0 radical (unpaired) electrons. The molecule has 0 aliphatic heterocycles. The second-order valence-corrected chi connectivity index (χ2v) is 8.45. The van der Waals surface area contributed by atoms with Crippen LogP contribution in [0, 0.1) is 0 Å². The molecule has 0 saturated carbocycles. The van der Waals surface area contributed by atoms with Crippen LogP contribution in [0.2, 0.25) is 0 Å². The van der Waals surface area contributed by atoms with Crippen molar-refractivity contribution >= 4 is 19.5 Å². The zero-order chi connectivity index (χ0) is 26.3. The van der Waals surface area contributed by atoms with Gasteiger partial charge in [-0.25, -0.2) is 14.2 Å². The molecule has 0 saturated heterocycles. The number of aryl methyl sites for hydroxylation is 1. The van der Waals surface area contributed by atoms with Crippen molar-refractivity contribution in [1.29, 1.82) is 0 Å². The van der Waals surface area contributed by atoms with Crippen molar-refractivity contribution in [3.63, 3.8) is 0 Å². The molecule has 0 aromatic carbocycles. The minimum absolute atomic E-state index is 0.110. The number of carbonyl (C=O) groups is 2. The molecule has 0 spiro atoms. The van der Waals surface area contributed by atoms with Gasteiger partial charge in [-0.05, 0) is 31.9 Å². The predicted octanol–water partition coefficient (Wildman–Crippen LogP) is 3.29. The van der Waals surface area contributed by atoms with Crippen molar-refractivity contribution < 1.29 is 42.5 Å². The van der Waals surface area contributed by atoms with Crippen LogP contribution >= 0.6 is 7.60 Å². The van der Waals surface area contributed by atoms with E-state index in [4.69, 9.17) is 14.5 Å². The quantitative estimate of drug-likeness (QED) is 0.250. The summed E-state index contributed by atoms with van der Waals surface area (Å²) in [5.41, 5.74) is 2.80. The van der Waals surface area contributed by atoms with Crippen LogP contribution in [0.3, 0.4) is 0 Å². The van der Waals surface area contributed by atoms with Gasteiger partial charge < -0.3 is 19.3 Å². The molecule has 10 heteroatoms. The molecule has 0 bridgehead atoms. The lowest BCUT2D eigenvalue weighted by Crippen LogP contribution is -2.35. The highest BCUT2D eigenvalue weighted by Gasteiger charge is 2.16. The highest BCUT2D eigenvalue weighted by molar-refractivity contribution is 7.51. The molecular formula is C24H35N2O7P+2. The minimum Gasteiger partial charge on any atom is -0.449 e. The Bertz CT molecular complexity index is 997. The topological polar surface area (TPSA) is 118 Å². The first-order valence-corrected chi connectivity index (χ1v) is 12.4. The molecule has 2 N–H and O–H groups in total. The van der Waals surface area contributed by atoms with E-state index in [1.54, 1.807) is 11.5 Å². The van der Waals surface area contributed by atoms with E-state index in [0.717, 1.165) is 17.7 Å². The molecule has 0 aliphatic rings. The van der Waals surface area contributed by atoms with Gasteiger partial charge in [0.2, 0.25) is 0 Å². The van der Waals surface area contributed by atoms with Crippen molar-refractivity contribution in [2.45, 2.75) is 47.9 Å². The maximum Gasteiger partial charge on any atom is 0.362 e. The van der Waals surface area contributed by atoms with E-state index in [0.29, 0.717) is 5.57 Å². The fraction of sp³-hybridized carbons (Fsp3) is 0.333. The van der Waals surface area contributed by atoms with Gasteiger partial charge in [-0.15, -0.1) is 0 Å². The zero-order valence-corrected chi connectivity index (χ0v) is 21.3. The number of nitrogens with zero attached hydrogens (tertiary/aromatic N) is 2.